The second-order valence-corrected chi connectivity index (χ2v) is 5.10. The zero-order valence-electron chi connectivity index (χ0n) is 9.72. The largest absolute Gasteiger partial charge is 0.317 e. The third kappa shape index (κ3) is 2.10. The van der Waals surface area contributed by atoms with Crippen molar-refractivity contribution in [3.05, 3.63) is 67.8 Å². The molecule has 6 heteroatoms. The van der Waals surface area contributed by atoms with E-state index in [1.165, 1.54) is 10.6 Å². The van der Waals surface area contributed by atoms with Gasteiger partial charge in [0.2, 0.25) is 0 Å². The molecule has 0 radical (unpaired) electrons. The average Bonchev–Trinajstić information content (AvgIpc) is 2.76. The van der Waals surface area contributed by atoms with E-state index in [1.54, 1.807) is 0 Å². The summed E-state index contributed by atoms with van der Waals surface area (Å²) in [6, 6.07) is 10.5. The van der Waals surface area contributed by atoms with Crippen LogP contribution >= 0.6 is 11.3 Å². The van der Waals surface area contributed by atoms with Gasteiger partial charge in [0.15, 0.2) is 5.13 Å². The Morgan fingerprint density at radius 2 is 1.95 bits per heavy atom. The smallest absolute Gasteiger partial charge is 0.307 e. The van der Waals surface area contributed by atoms with Crippen molar-refractivity contribution in [3.63, 3.8) is 0 Å². The molecule has 0 unspecified atom stereocenters. The van der Waals surface area contributed by atoms with Crippen LogP contribution in [0.15, 0.2) is 46.0 Å². The third-order valence-corrected chi connectivity index (χ3v) is 3.65. The molecule has 0 aliphatic rings. The first-order valence-electron chi connectivity index (χ1n) is 5.61. The molecule has 0 atom stereocenters. The number of aromatic nitrogens is 2. The number of hydrogen-bond donors (Lipinski definition) is 1. The Kier molecular flexibility index (Phi) is 2.79. The topological polar surface area (TPSA) is 54.9 Å². The maximum atomic E-state index is 13.3. The van der Waals surface area contributed by atoms with Crippen LogP contribution in [0.3, 0.4) is 0 Å². The molecule has 3 rings (SSSR count). The average molecular weight is 276 g/mol. The molecule has 3 aromatic rings. The summed E-state index contributed by atoms with van der Waals surface area (Å²) in [7, 11) is 0. The predicted molar refractivity (Wildman–Crippen MR) is 72.2 cm³/mol. The zero-order valence-corrected chi connectivity index (χ0v) is 10.5. The van der Waals surface area contributed by atoms with E-state index < -0.39 is 16.2 Å². The molecule has 0 amide bonds. The molecule has 19 heavy (non-hydrogen) atoms. The molecule has 2 aromatic heterocycles. The summed E-state index contributed by atoms with van der Waals surface area (Å²) in [5, 5.41) is -0.432. The van der Waals surface area contributed by atoms with Gasteiger partial charge in [0.25, 0.3) is 0 Å². The van der Waals surface area contributed by atoms with E-state index in [0.29, 0.717) is 10.3 Å². The zero-order chi connectivity index (χ0) is 13.4. The number of halogens is 1. The highest BCUT2D eigenvalue weighted by Crippen LogP contribution is 2.20. The molecule has 1 N–H and O–H groups in total. The summed E-state index contributed by atoms with van der Waals surface area (Å²) in [6.45, 7) is 0.246. The first-order valence-corrected chi connectivity index (χ1v) is 6.43. The second-order valence-electron chi connectivity index (χ2n) is 4.10. The standard InChI is InChI=1S/C13H9FN2O2S/c14-10-6-9-12(19-10)15-11(17)13(18)16(9)7-8-4-2-1-3-5-8/h1-6H,7H2,(H,15,17). The van der Waals surface area contributed by atoms with E-state index in [2.05, 4.69) is 4.98 Å². The lowest BCUT2D eigenvalue weighted by atomic mass is 10.2. The lowest BCUT2D eigenvalue weighted by Gasteiger charge is -2.06. The molecule has 96 valence electrons. The van der Waals surface area contributed by atoms with Crippen molar-refractivity contribution in [1.29, 1.82) is 0 Å². The minimum atomic E-state index is -0.731. The molecule has 0 spiro atoms. The summed E-state index contributed by atoms with van der Waals surface area (Å²) in [5.41, 5.74) is -0.113. The Labute approximate surface area is 110 Å². The normalized spacial score (nSPS) is 11.0. The number of H-pyrrole nitrogens is 1. The van der Waals surface area contributed by atoms with Crippen molar-refractivity contribution >= 4 is 21.7 Å². The van der Waals surface area contributed by atoms with Crippen molar-refractivity contribution in [2.75, 3.05) is 0 Å². The number of nitrogens with zero attached hydrogens (tertiary/aromatic N) is 1. The molecular weight excluding hydrogens is 267 g/mol. The molecule has 0 saturated carbocycles. The van der Waals surface area contributed by atoms with Gasteiger partial charge in [0.1, 0.15) is 4.83 Å². The fraction of sp³-hybridized carbons (Fsp3) is 0.0769. The first kappa shape index (κ1) is 11.9. The number of benzene rings is 1. The minimum Gasteiger partial charge on any atom is -0.307 e. The molecule has 4 nitrogen and oxygen atoms in total. The van der Waals surface area contributed by atoms with Gasteiger partial charge in [-0.3, -0.25) is 14.2 Å². The highest BCUT2D eigenvalue weighted by molar-refractivity contribution is 7.17. The van der Waals surface area contributed by atoms with Crippen LogP contribution in [-0.4, -0.2) is 9.55 Å². The Balaban J connectivity index is 2.24. The quantitative estimate of drug-likeness (QED) is 0.727. The highest BCUT2D eigenvalue weighted by atomic mass is 32.1. The Bertz CT molecular complexity index is 848. The second kappa shape index (κ2) is 4.47. The number of thiophene rings is 1. The van der Waals surface area contributed by atoms with Gasteiger partial charge in [0.05, 0.1) is 12.1 Å². The van der Waals surface area contributed by atoms with Crippen LogP contribution in [0.1, 0.15) is 5.56 Å². The maximum absolute atomic E-state index is 13.3. The van der Waals surface area contributed by atoms with Crippen LogP contribution in [0.5, 0.6) is 0 Å². The van der Waals surface area contributed by atoms with Gasteiger partial charge < -0.3 is 4.98 Å². The summed E-state index contributed by atoms with van der Waals surface area (Å²) in [6.07, 6.45) is 0. The van der Waals surface area contributed by atoms with E-state index in [4.69, 9.17) is 0 Å². The predicted octanol–water partition coefficient (Wildman–Crippen LogP) is 1.94. The van der Waals surface area contributed by atoms with Crippen LogP contribution in [0.4, 0.5) is 4.39 Å². The van der Waals surface area contributed by atoms with Crippen LogP contribution in [0.2, 0.25) is 0 Å². The molecule has 0 saturated heterocycles. The van der Waals surface area contributed by atoms with Gasteiger partial charge in [-0.05, 0) is 5.56 Å². The number of rotatable bonds is 2. The van der Waals surface area contributed by atoms with Crippen molar-refractivity contribution < 1.29 is 4.39 Å². The van der Waals surface area contributed by atoms with Crippen molar-refractivity contribution in [2.45, 2.75) is 6.54 Å². The molecule has 0 fully saturated rings. The molecule has 0 bridgehead atoms. The van der Waals surface area contributed by atoms with Crippen molar-refractivity contribution in [3.8, 4) is 0 Å². The fourth-order valence-electron chi connectivity index (χ4n) is 1.95. The number of nitrogens with one attached hydrogen (secondary N) is 1. The monoisotopic (exact) mass is 276 g/mol. The minimum absolute atomic E-state index is 0.246. The number of fused-ring (bicyclic) bond motifs is 1. The summed E-state index contributed by atoms with van der Waals surface area (Å²) < 4.78 is 14.6. The van der Waals surface area contributed by atoms with Gasteiger partial charge in [0, 0.05) is 6.07 Å². The first-order chi connectivity index (χ1) is 9.15. The van der Waals surface area contributed by atoms with E-state index in [-0.39, 0.29) is 6.54 Å². The molecule has 0 aliphatic heterocycles. The van der Waals surface area contributed by atoms with Crippen molar-refractivity contribution in [1.82, 2.24) is 9.55 Å². The van der Waals surface area contributed by atoms with E-state index in [1.807, 2.05) is 30.3 Å². The lowest BCUT2D eigenvalue weighted by molar-refractivity contribution is 0.656. The maximum Gasteiger partial charge on any atom is 0.317 e. The van der Waals surface area contributed by atoms with Crippen LogP contribution in [0, 0.1) is 5.13 Å². The van der Waals surface area contributed by atoms with Crippen LogP contribution < -0.4 is 11.1 Å². The highest BCUT2D eigenvalue weighted by Gasteiger charge is 2.11. The van der Waals surface area contributed by atoms with Gasteiger partial charge in [-0.25, -0.2) is 0 Å². The van der Waals surface area contributed by atoms with Crippen LogP contribution in [-0.2, 0) is 6.54 Å². The molecule has 0 aliphatic carbocycles. The lowest BCUT2D eigenvalue weighted by Crippen LogP contribution is -2.36. The summed E-state index contributed by atoms with van der Waals surface area (Å²) >= 11 is 0.818. The van der Waals surface area contributed by atoms with E-state index in [9.17, 15) is 14.0 Å². The summed E-state index contributed by atoms with van der Waals surface area (Å²) in [4.78, 5) is 26.2. The van der Waals surface area contributed by atoms with Crippen molar-refractivity contribution in [2.24, 2.45) is 0 Å². The summed E-state index contributed by atoms with van der Waals surface area (Å²) in [5.74, 6) is 0. The Morgan fingerprint density at radius 3 is 2.68 bits per heavy atom. The van der Waals surface area contributed by atoms with Crippen LogP contribution in [0.25, 0.3) is 10.3 Å². The third-order valence-electron chi connectivity index (χ3n) is 2.82. The molecular formula is C13H9FN2O2S. The Hall–Kier alpha value is -2.21. The number of hydrogen-bond acceptors (Lipinski definition) is 3. The fourth-order valence-corrected chi connectivity index (χ4v) is 2.74. The molecule has 2 heterocycles. The Morgan fingerprint density at radius 1 is 1.21 bits per heavy atom. The van der Waals surface area contributed by atoms with E-state index >= 15 is 0 Å². The van der Waals surface area contributed by atoms with Gasteiger partial charge >= 0.3 is 11.1 Å². The van der Waals surface area contributed by atoms with Gasteiger partial charge in [-0.2, -0.15) is 4.39 Å². The van der Waals surface area contributed by atoms with Gasteiger partial charge in [-0.15, -0.1) is 0 Å². The van der Waals surface area contributed by atoms with E-state index in [0.717, 1.165) is 16.9 Å². The number of aromatic amines is 1. The molecule has 1 aromatic carbocycles. The van der Waals surface area contributed by atoms with Gasteiger partial charge in [-0.1, -0.05) is 41.7 Å². The SMILES string of the molecule is O=c1[nH]c2sc(F)cc2n(Cc2ccccc2)c1=O.